The van der Waals surface area contributed by atoms with Gasteiger partial charge in [0.15, 0.2) is 0 Å². The van der Waals surface area contributed by atoms with Gasteiger partial charge in [0.2, 0.25) is 0 Å². The second-order valence-electron chi connectivity index (χ2n) is 6.88. The molecule has 1 aliphatic heterocycles. The predicted molar refractivity (Wildman–Crippen MR) is 104 cm³/mol. The van der Waals surface area contributed by atoms with E-state index >= 15 is 0 Å². The summed E-state index contributed by atoms with van der Waals surface area (Å²) in [6, 6.07) is 11.6. The van der Waals surface area contributed by atoms with Crippen molar-refractivity contribution >= 4 is 10.9 Å². The average molecular weight is 361 g/mol. The van der Waals surface area contributed by atoms with E-state index in [-0.39, 0.29) is 11.4 Å². The minimum atomic E-state index is -0.279. The highest BCUT2D eigenvalue weighted by molar-refractivity contribution is 5.79. The summed E-state index contributed by atoms with van der Waals surface area (Å²) < 4.78 is 14.8. The molecule has 0 saturated carbocycles. The van der Waals surface area contributed by atoms with Crippen molar-refractivity contribution in [1.29, 1.82) is 0 Å². The summed E-state index contributed by atoms with van der Waals surface area (Å²) in [6.07, 6.45) is 1.78. The van der Waals surface area contributed by atoms with Crippen molar-refractivity contribution in [2.45, 2.75) is 19.4 Å². The van der Waals surface area contributed by atoms with E-state index in [1.807, 2.05) is 16.7 Å². The average Bonchev–Trinajstić information content (AvgIpc) is 2.65. The molecule has 27 heavy (non-hydrogen) atoms. The summed E-state index contributed by atoms with van der Waals surface area (Å²) in [7, 11) is 2.08. The Labute approximate surface area is 157 Å². The van der Waals surface area contributed by atoms with Gasteiger partial charge in [-0.3, -0.25) is 9.36 Å². The van der Waals surface area contributed by atoms with Crippen molar-refractivity contribution in [2.75, 3.05) is 20.1 Å². The van der Waals surface area contributed by atoms with E-state index in [2.05, 4.69) is 23.8 Å². The Morgan fingerprint density at radius 3 is 2.56 bits per heavy atom. The van der Waals surface area contributed by atoms with Crippen molar-refractivity contribution < 1.29 is 4.39 Å². The largest absolute Gasteiger partial charge is 0.305 e. The predicted octanol–water partition coefficient (Wildman–Crippen LogP) is 2.81. The fraction of sp³-hybridized carbons (Fsp3) is 0.273. The highest BCUT2D eigenvalue weighted by Gasteiger charge is 2.14. The van der Waals surface area contributed by atoms with E-state index in [9.17, 15) is 9.18 Å². The molecule has 0 spiro atoms. The molecule has 1 aromatic heterocycles. The van der Waals surface area contributed by atoms with Gasteiger partial charge in [-0.1, -0.05) is 11.8 Å². The Morgan fingerprint density at radius 2 is 1.74 bits per heavy atom. The molecule has 0 N–H and O–H groups in total. The normalized spacial score (nSPS) is 14.7. The monoisotopic (exact) mass is 361 g/mol. The third-order valence-corrected chi connectivity index (χ3v) is 4.88. The van der Waals surface area contributed by atoms with E-state index in [1.165, 1.54) is 12.1 Å². The maximum absolute atomic E-state index is 13.0. The molecule has 0 bridgehead atoms. The van der Waals surface area contributed by atoms with Gasteiger partial charge in [-0.15, -0.1) is 0 Å². The van der Waals surface area contributed by atoms with Gasteiger partial charge in [0, 0.05) is 30.6 Å². The van der Waals surface area contributed by atoms with Crippen LogP contribution in [0, 0.1) is 17.7 Å². The number of benzene rings is 2. The standard InChI is InChI=1S/C22H20FN3O/c1-25-12-2-3-21-24-20-15-17(5-4-16-6-9-18(23)10-7-16)8-11-19(20)22(27)26(21)14-13-25/h6-11,15H,2-3,12-14H2,1H3. The lowest BCUT2D eigenvalue weighted by Gasteiger charge is -2.22. The van der Waals surface area contributed by atoms with Gasteiger partial charge in [-0.05, 0) is 62.5 Å². The van der Waals surface area contributed by atoms with Crippen LogP contribution in [0.5, 0.6) is 0 Å². The smallest absolute Gasteiger partial charge is 0.261 e. The van der Waals surface area contributed by atoms with Crippen molar-refractivity contribution in [3.8, 4) is 11.8 Å². The molecule has 136 valence electrons. The Bertz CT molecular complexity index is 1110. The molecule has 4 rings (SSSR count). The quantitative estimate of drug-likeness (QED) is 0.578. The molecule has 0 fully saturated rings. The SMILES string of the molecule is CN1CCCc2nc3cc(C#Cc4ccc(F)cc4)ccc3c(=O)n2CC1. The number of nitrogens with zero attached hydrogens (tertiary/aromatic N) is 3. The van der Waals surface area contributed by atoms with Crippen molar-refractivity contribution in [3.05, 3.63) is 75.6 Å². The fourth-order valence-electron chi connectivity index (χ4n) is 3.33. The Morgan fingerprint density at radius 1 is 1.00 bits per heavy atom. The molecule has 4 nitrogen and oxygen atoms in total. The molecular weight excluding hydrogens is 341 g/mol. The van der Waals surface area contributed by atoms with Crippen LogP contribution in [0.1, 0.15) is 23.4 Å². The third kappa shape index (κ3) is 3.76. The topological polar surface area (TPSA) is 38.1 Å². The number of likely N-dealkylation sites (N-methyl/N-ethyl adjacent to an activating group) is 1. The zero-order valence-corrected chi connectivity index (χ0v) is 15.2. The summed E-state index contributed by atoms with van der Waals surface area (Å²) in [4.78, 5) is 19.9. The van der Waals surface area contributed by atoms with Crippen molar-refractivity contribution in [1.82, 2.24) is 14.5 Å². The summed E-state index contributed by atoms with van der Waals surface area (Å²) >= 11 is 0. The minimum Gasteiger partial charge on any atom is -0.305 e. The van der Waals surface area contributed by atoms with Crippen LogP contribution in [0.2, 0.25) is 0 Å². The second-order valence-corrected chi connectivity index (χ2v) is 6.88. The first-order valence-corrected chi connectivity index (χ1v) is 9.10. The first-order chi connectivity index (χ1) is 13.1. The summed E-state index contributed by atoms with van der Waals surface area (Å²) in [6.45, 7) is 2.53. The molecule has 0 saturated heterocycles. The maximum Gasteiger partial charge on any atom is 0.261 e. The first kappa shape index (κ1) is 17.4. The molecule has 5 heteroatoms. The van der Waals surface area contributed by atoms with E-state index in [0.29, 0.717) is 17.4 Å². The lowest BCUT2D eigenvalue weighted by atomic mass is 10.1. The van der Waals surface area contributed by atoms with Crippen LogP contribution in [0.15, 0.2) is 47.3 Å². The van der Waals surface area contributed by atoms with E-state index < -0.39 is 0 Å². The molecule has 0 aliphatic carbocycles. The van der Waals surface area contributed by atoms with Gasteiger partial charge in [0.25, 0.3) is 5.56 Å². The van der Waals surface area contributed by atoms with Crippen LogP contribution in [-0.2, 0) is 13.0 Å². The Balaban J connectivity index is 1.73. The van der Waals surface area contributed by atoms with Gasteiger partial charge >= 0.3 is 0 Å². The first-order valence-electron chi connectivity index (χ1n) is 9.10. The zero-order valence-electron chi connectivity index (χ0n) is 15.2. The van der Waals surface area contributed by atoms with Crippen LogP contribution in [-0.4, -0.2) is 34.6 Å². The van der Waals surface area contributed by atoms with E-state index in [1.54, 1.807) is 18.2 Å². The van der Waals surface area contributed by atoms with Gasteiger partial charge in [-0.25, -0.2) is 9.37 Å². The molecule has 1 aliphatic rings. The highest BCUT2D eigenvalue weighted by Crippen LogP contribution is 2.14. The molecule has 0 unspecified atom stereocenters. The summed E-state index contributed by atoms with van der Waals surface area (Å²) in [5.74, 6) is 6.66. The van der Waals surface area contributed by atoms with Gasteiger partial charge in [0.05, 0.1) is 10.9 Å². The number of rotatable bonds is 0. The van der Waals surface area contributed by atoms with Gasteiger partial charge < -0.3 is 4.90 Å². The number of aromatic nitrogens is 2. The Kier molecular flexibility index (Phi) is 4.74. The van der Waals surface area contributed by atoms with Crippen LogP contribution >= 0.6 is 0 Å². The van der Waals surface area contributed by atoms with Crippen LogP contribution < -0.4 is 5.56 Å². The van der Waals surface area contributed by atoms with Crippen LogP contribution in [0.25, 0.3) is 10.9 Å². The molecule has 0 radical (unpaired) electrons. The van der Waals surface area contributed by atoms with Crippen molar-refractivity contribution in [3.63, 3.8) is 0 Å². The van der Waals surface area contributed by atoms with E-state index in [4.69, 9.17) is 4.98 Å². The highest BCUT2D eigenvalue weighted by atomic mass is 19.1. The number of hydrogen-bond donors (Lipinski definition) is 0. The fourth-order valence-corrected chi connectivity index (χ4v) is 3.33. The number of halogens is 1. The molecule has 3 aromatic rings. The van der Waals surface area contributed by atoms with Crippen LogP contribution in [0.4, 0.5) is 4.39 Å². The van der Waals surface area contributed by atoms with Crippen molar-refractivity contribution in [2.24, 2.45) is 0 Å². The van der Waals surface area contributed by atoms with Crippen LogP contribution in [0.3, 0.4) is 0 Å². The third-order valence-electron chi connectivity index (χ3n) is 4.88. The molecule has 2 heterocycles. The summed E-state index contributed by atoms with van der Waals surface area (Å²) in [5.41, 5.74) is 2.23. The molecule has 2 aromatic carbocycles. The minimum absolute atomic E-state index is 0.0170. The summed E-state index contributed by atoms with van der Waals surface area (Å²) in [5, 5.41) is 0.620. The number of hydrogen-bond acceptors (Lipinski definition) is 3. The van der Waals surface area contributed by atoms with E-state index in [0.717, 1.165) is 42.9 Å². The molecular formula is C22H20FN3O. The lowest BCUT2D eigenvalue weighted by Crippen LogP contribution is -2.34. The van der Waals surface area contributed by atoms with Gasteiger partial charge in [0.1, 0.15) is 11.6 Å². The molecule has 0 atom stereocenters. The Hall–Kier alpha value is -2.97. The zero-order chi connectivity index (χ0) is 18.8. The number of fused-ring (bicyclic) bond motifs is 2. The number of aryl methyl sites for hydroxylation is 1. The van der Waals surface area contributed by atoms with Gasteiger partial charge in [-0.2, -0.15) is 0 Å². The second kappa shape index (κ2) is 7.34. The maximum atomic E-state index is 13.0. The molecule has 0 amide bonds. The lowest BCUT2D eigenvalue weighted by molar-refractivity contribution is 0.295.